The summed E-state index contributed by atoms with van der Waals surface area (Å²) in [5, 5.41) is 11.8. The van der Waals surface area contributed by atoms with Crippen LogP contribution in [0.3, 0.4) is 0 Å². The number of rotatable bonds is 2. The Kier molecular flexibility index (Phi) is 4.36. The normalized spacial score (nSPS) is 32.3. The summed E-state index contributed by atoms with van der Waals surface area (Å²) in [7, 11) is 3.12. The Hall–Kier alpha value is -2.05. The number of esters is 1. The average Bonchev–Trinajstić information content (AvgIpc) is 3.10. The molecule has 2 aliphatic heterocycles. The summed E-state index contributed by atoms with van der Waals surface area (Å²) in [4.78, 5) is 18.7. The number of benzene rings is 1. The topological polar surface area (TPSA) is 74.8 Å². The zero-order valence-corrected chi connectivity index (χ0v) is 16.5. The second-order valence-electron chi connectivity index (χ2n) is 8.54. The largest absolute Gasteiger partial charge is 0.497 e. The third kappa shape index (κ3) is 2.65. The molecule has 5 rings (SSSR count). The number of aliphatic hydroxyl groups excluding tert-OH is 1. The SMILES string of the molecule is COC(=O)[C@H]1[C@H]2C[C@@H]3c4[nH]c5cc(OC)ccc5c4CCN3C[C@H]2CC[C@@H]1O. The number of nitrogens with one attached hydrogen (secondary N) is 1. The van der Waals surface area contributed by atoms with Crippen LogP contribution >= 0.6 is 0 Å². The van der Waals surface area contributed by atoms with Crippen molar-refractivity contribution in [3.05, 3.63) is 29.5 Å². The molecule has 2 fully saturated rings. The lowest BCUT2D eigenvalue weighted by Gasteiger charge is -2.50. The highest BCUT2D eigenvalue weighted by Gasteiger charge is 2.49. The van der Waals surface area contributed by atoms with E-state index in [9.17, 15) is 9.90 Å². The van der Waals surface area contributed by atoms with Crippen LogP contribution in [0.4, 0.5) is 0 Å². The first kappa shape index (κ1) is 18.0. The van der Waals surface area contributed by atoms with Gasteiger partial charge in [-0.05, 0) is 55.2 Å². The Balaban J connectivity index is 1.52. The maximum atomic E-state index is 12.4. The summed E-state index contributed by atoms with van der Waals surface area (Å²) >= 11 is 0. The summed E-state index contributed by atoms with van der Waals surface area (Å²) in [6.45, 7) is 2.04. The lowest BCUT2D eigenvalue weighted by Crippen LogP contribution is -2.53. The Bertz CT molecular complexity index is 907. The standard InChI is InChI=1S/C22H28N2O4/c1-27-13-4-5-14-15-7-8-24-11-12-3-6-19(25)20(22(26)28-2)16(12)10-18(24)21(15)23-17(14)9-13/h4-5,9,12,16,18-20,23,25H,3,6-8,10-11H2,1-2H3/t12-,16+,18-,19+,20+/m1/s1. The lowest BCUT2D eigenvalue weighted by atomic mass is 9.65. The molecule has 0 amide bonds. The van der Waals surface area contributed by atoms with Crippen LogP contribution in [-0.2, 0) is 16.0 Å². The molecule has 5 atom stereocenters. The minimum absolute atomic E-state index is 0.171. The predicted octanol–water partition coefficient (Wildman–Crippen LogP) is 2.66. The van der Waals surface area contributed by atoms with Crippen molar-refractivity contribution in [3.63, 3.8) is 0 Å². The Morgan fingerprint density at radius 3 is 2.93 bits per heavy atom. The van der Waals surface area contributed by atoms with Gasteiger partial charge in [0, 0.05) is 35.8 Å². The van der Waals surface area contributed by atoms with Gasteiger partial charge in [0.2, 0.25) is 0 Å². The van der Waals surface area contributed by atoms with Crippen molar-refractivity contribution >= 4 is 16.9 Å². The molecule has 1 aromatic heterocycles. The van der Waals surface area contributed by atoms with E-state index in [1.807, 2.05) is 6.07 Å². The third-order valence-corrected chi connectivity index (χ3v) is 7.32. The van der Waals surface area contributed by atoms with Crippen LogP contribution in [0.1, 0.15) is 36.6 Å². The molecule has 1 saturated heterocycles. The van der Waals surface area contributed by atoms with Gasteiger partial charge in [0.05, 0.1) is 32.3 Å². The van der Waals surface area contributed by atoms with Crippen molar-refractivity contribution in [1.29, 1.82) is 0 Å². The highest BCUT2D eigenvalue weighted by Crippen LogP contribution is 2.49. The fourth-order valence-electron chi connectivity index (χ4n) is 5.97. The lowest BCUT2D eigenvalue weighted by molar-refractivity contribution is -0.160. The van der Waals surface area contributed by atoms with Gasteiger partial charge < -0.3 is 19.6 Å². The Morgan fingerprint density at radius 2 is 2.14 bits per heavy atom. The molecule has 1 saturated carbocycles. The molecule has 2 aromatic rings. The van der Waals surface area contributed by atoms with E-state index in [2.05, 4.69) is 22.0 Å². The van der Waals surface area contributed by atoms with Crippen molar-refractivity contribution < 1.29 is 19.4 Å². The van der Waals surface area contributed by atoms with Gasteiger partial charge in [-0.3, -0.25) is 9.69 Å². The van der Waals surface area contributed by atoms with Gasteiger partial charge in [0.25, 0.3) is 0 Å². The maximum absolute atomic E-state index is 12.4. The summed E-state index contributed by atoms with van der Waals surface area (Å²) in [6, 6.07) is 6.49. The summed E-state index contributed by atoms with van der Waals surface area (Å²) in [5.41, 5.74) is 3.78. The molecule has 6 nitrogen and oxygen atoms in total. The summed E-state index contributed by atoms with van der Waals surface area (Å²) < 4.78 is 10.4. The van der Waals surface area contributed by atoms with Gasteiger partial charge in [-0.25, -0.2) is 0 Å². The number of aliphatic hydroxyl groups is 1. The molecule has 0 unspecified atom stereocenters. The molecule has 3 heterocycles. The molecule has 0 bridgehead atoms. The number of ether oxygens (including phenoxy) is 2. The van der Waals surface area contributed by atoms with Gasteiger partial charge in [-0.1, -0.05) is 0 Å². The van der Waals surface area contributed by atoms with E-state index in [1.54, 1.807) is 7.11 Å². The smallest absolute Gasteiger partial charge is 0.311 e. The molecule has 28 heavy (non-hydrogen) atoms. The highest BCUT2D eigenvalue weighted by molar-refractivity contribution is 5.86. The van der Waals surface area contributed by atoms with Crippen molar-refractivity contribution in [2.75, 3.05) is 27.3 Å². The first-order valence-electron chi connectivity index (χ1n) is 10.3. The van der Waals surface area contributed by atoms with Gasteiger partial charge in [0.15, 0.2) is 0 Å². The van der Waals surface area contributed by atoms with Gasteiger partial charge in [-0.15, -0.1) is 0 Å². The summed E-state index contributed by atoms with van der Waals surface area (Å²) in [5.74, 6) is 0.820. The van der Waals surface area contributed by atoms with Gasteiger partial charge in [-0.2, -0.15) is 0 Å². The Labute approximate surface area is 164 Å². The number of carbonyl (C=O) groups excluding carboxylic acids is 1. The molecule has 150 valence electrons. The quantitative estimate of drug-likeness (QED) is 0.779. The molecule has 2 N–H and O–H groups in total. The van der Waals surface area contributed by atoms with Crippen LogP contribution in [0.2, 0.25) is 0 Å². The number of aromatic nitrogens is 1. The number of H-pyrrole nitrogens is 1. The molecule has 1 aliphatic carbocycles. The monoisotopic (exact) mass is 384 g/mol. The second kappa shape index (κ2) is 6.78. The van der Waals surface area contributed by atoms with Crippen LogP contribution in [0.5, 0.6) is 5.75 Å². The van der Waals surface area contributed by atoms with E-state index in [0.29, 0.717) is 12.3 Å². The molecule has 0 radical (unpaired) electrons. The maximum Gasteiger partial charge on any atom is 0.311 e. The van der Waals surface area contributed by atoms with E-state index in [0.717, 1.165) is 43.6 Å². The molecule has 6 heteroatoms. The van der Waals surface area contributed by atoms with E-state index in [-0.39, 0.29) is 17.9 Å². The first-order valence-corrected chi connectivity index (χ1v) is 10.3. The number of aromatic amines is 1. The molecular formula is C22H28N2O4. The van der Waals surface area contributed by atoms with E-state index in [4.69, 9.17) is 9.47 Å². The van der Waals surface area contributed by atoms with Crippen LogP contribution < -0.4 is 4.74 Å². The number of hydrogen-bond donors (Lipinski definition) is 2. The zero-order chi connectivity index (χ0) is 19.4. The van der Waals surface area contributed by atoms with Gasteiger partial charge in [0.1, 0.15) is 5.75 Å². The third-order valence-electron chi connectivity index (χ3n) is 7.32. The number of piperidine rings is 1. The van der Waals surface area contributed by atoms with E-state index >= 15 is 0 Å². The molecule has 0 spiro atoms. The number of hydrogen-bond acceptors (Lipinski definition) is 5. The predicted molar refractivity (Wildman–Crippen MR) is 105 cm³/mol. The van der Waals surface area contributed by atoms with Gasteiger partial charge >= 0.3 is 5.97 Å². The minimum Gasteiger partial charge on any atom is -0.497 e. The van der Waals surface area contributed by atoms with Crippen molar-refractivity contribution in [2.45, 2.75) is 37.8 Å². The zero-order valence-electron chi connectivity index (χ0n) is 16.5. The minimum atomic E-state index is -0.588. The second-order valence-corrected chi connectivity index (χ2v) is 8.54. The van der Waals surface area contributed by atoms with Crippen LogP contribution in [0, 0.1) is 17.8 Å². The molecule has 1 aromatic carbocycles. The average molecular weight is 384 g/mol. The fraction of sp³-hybridized carbons (Fsp3) is 0.591. The molecule has 3 aliphatic rings. The van der Waals surface area contributed by atoms with Crippen LogP contribution in [0.25, 0.3) is 10.9 Å². The summed E-state index contributed by atoms with van der Waals surface area (Å²) in [6.07, 6.45) is 3.02. The van der Waals surface area contributed by atoms with Crippen LogP contribution in [0.15, 0.2) is 18.2 Å². The van der Waals surface area contributed by atoms with E-state index in [1.165, 1.54) is 23.8 Å². The highest BCUT2D eigenvalue weighted by atomic mass is 16.5. The first-order chi connectivity index (χ1) is 13.6. The van der Waals surface area contributed by atoms with Crippen molar-refractivity contribution in [3.8, 4) is 5.75 Å². The van der Waals surface area contributed by atoms with Crippen molar-refractivity contribution in [1.82, 2.24) is 9.88 Å². The molecular weight excluding hydrogens is 356 g/mol. The van der Waals surface area contributed by atoms with Crippen LogP contribution in [-0.4, -0.2) is 54.4 Å². The Morgan fingerprint density at radius 1 is 1.29 bits per heavy atom. The number of fused-ring (bicyclic) bond motifs is 6. The number of nitrogens with zero attached hydrogens (tertiary/aromatic N) is 1. The van der Waals surface area contributed by atoms with Crippen molar-refractivity contribution in [2.24, 2.45) is 17.8 Å². The van der Waals surface area contributed by atoms with E-state index < -0.39 is 12.0 Å². The number of methoxy groups -OCH3 is 2. The number of carbonyl (C=O) groups is 1. The fourth-order valence-corrected chi connectivity index (χ4v) is 5.97.